The van der Waals surface area contributed by atoms with Gasteiger partial charge in [-0.2, -0.15) is 5.10 Å². The van der Waals surface area contributed by atoms with Gasteiger partial charge < -0.3 is 0 Å². The molecule has 1 heterocycles. The molecule has 4 heteroatoms. The number of carbonyl (C=O) groups is 1. The van der Waals surface area contributed by atoms with Crippen LogP contribution < -0.4 is 0 Å². The maximum Gasteiger partial charge on any atom is 0.243 e. The van der Waals surface area contributed by atoms with E-state index in [9.17, 15) is 9.18 Å². The van der Waals surface area contributed by atoms with Gasteiger partial charge in [0.1, 0.15) is 5.82 Å². The highest BCUT2D eigenvalue weighted by Crippen LogP contribution is 2.29. The van der Waals surface area contributed by atoms with Crippen LogP contribution in [0.3, 0.4) is 0 Å². The van der Waals surface area contributed by atoms with Crippen LogP contribution in [-0.2, 0) is 4.79 Å². The predicted octanol–water partition coefficient (Wildman–Crippen LogP) is 4.59. The summed E-state index contributed by atoms with van der Waals surface area (Å²) >= 11 is 0. The molecule has 1 saturated heterocycles. The molecule has 0 bridgehead atoms. The highest BCUT2D eigenvalue weighted by atomic mass is 19.1. The first-order valence-electron chi connectivity index (χ1n) is 8.96. The fourth-order valence-corrected chi connectivity index (χ4v) is 3.34. The van der Waals surface area contributed by atoms with Gasteiger partial charge in [0, 0.05) is 23.5 Å². The van der Waals surface area contributed by atoms with Gasteiger partial charge in [0.05, 0.1) is 12.3 Å². The average molecular weight is 358 g/mol. The van der Waals surface area contributed by atoms with Crippen molar-refractivity contribution in [1.29, 1.82) is 0 Å². The molecule has 27 heavy (non-hydrogen) atoms. The van der Waals surface area contributed by atoms with E-state index >= 15 is 0 Å². The zero-order valence-electron chi connectivity index (χ0n) is 14.8. The second kappa shape index (κ2) is 7.54. The summed E-state index contributed by atoms with van der Waals surface area (Å²) in [6.45, 7) is 0.494. The first-order chi connectivity index (χ1) is 13.2. The van der Waals surface area contributed by atoms with Crippen LogP contribution in [0.2, 0.25) is 0 Å². The van der Waals surface area contributed by atoms with E-state index in [0.29, 0.717) is 13.0 Å². The smallest absolute Gasteiger partial charge is 0.243 e. The topological polar surface area (TPSA) is 32.7 Å². The standard InChI is InChI=1S/C23H19FN2O/c24-21-13-11-17(12-14-21)20-15-22(27)26(16-20)25-23(18-7-3-1-4-8-18)19-9-5-2-6-10-19/h1-14,20H,15-16H2. The lowest BCUT2D eigenvalue weighted by atomic mass is 9.98. The SMILES string of the molecule is O=C1CC(c2ccc(F)cc2)CN1N=C(c1ccccc1)c1ccccc1. The maximum atomic E-state index is 13.2. The van der Waals surface area contributed by atoms with E-state index in [1.807, 2.05) is 60.7 Å². The van der Waals surface area contributed by atoms with Crippen LogP contribution in [0.1, 0.15) is 29.0 Å². The molecule has 0 aliphatic carbocycles. The zero-order chi connectivity index (χ0) is 18.6. The third kappa shape index (κ3) is 3.80. The first kappa shape index (κ1) is 17.2. The van der Waals surface area contributed by atoms with Crippen LogP contribution in [0.5, 0.6) is 0 Å². The van der Waals surface area contributed by atoms with Gasteiger partial charge in [-0.15, -0.1) is 0 Å². The number of halogens is 1. The Morgan fingerprint density at radius 3 is 1.96 bits per heavy atom. The molecule has 1 fully saturated rings. The molecule has 3 aromatic rings. The van der Waals surface area contributed by atoms with Crippen LogP contribution >= 0.6 is 0 Å². The van der Waals surface area contributed by atoms with Crippen molar-refractivity contribution in [2.45, 2.75) is 12.3 Å². The summed E-state index contributed by atoms with van der Waals surface area (Å²) in [5, 5.41) is 6.26. The molecular weight excluding hydrogens is 339 g/mol. The lowest BCUT2D eigenvalue weighted by Crippen LogP contribution is -2.22. The van der Waals surface area contributed by atoms with Crippen LogP contribution in [0.25, 0.3) is 0 Å². The summed E-state index contributed by atoms with van der Waals surface area (Å²) in [6, 6.07) is 26.1. The fraction of sp³-hybridized carbons (Fsp3) is 0.130. The lowest BCUT2D eigenvalue weighted by molar-refractivity contribution is -0.127. The Kier molecular flexibility index (Phi) is 4.79. The number of hydrogen-bond donors (Lipinski definition) is 0. The van der Waals surface area contributed by atoms with Crippen molar-refractivity contribution in [3.63, 3.8) is 0 Å². The summed E-state index contributed by atoms with van der Waals surface area (Å²) in [4.78, 5) is 12.6. The second-order valence-corrected chi connectivity index (χ2v) is 6.61. The molecule has 1 amide bonds. The highest BCUT2D eigenvalue weighted by Gasteiger charge is 2.31. The van der Waals surface area contributed by atoms with Crippen molar-refractivity contribution in [3.8, 4) is 0 Å². The van der Waals surface area contributed by atoms with E-state index in [1.165, 1.54) is 12.1 Å². The Hall–Kier alpha value is -3.27. The van der Waals surface area contributed by atoms with E-state index in [4.69, 9.17) is 5.10 Å². The molecule has 1 aliphatic rings. The normalized spacial score (nSPS) is 16.4. The second-order valence-electron chi connectivity index (χ2n) is 6.61. The summed E-state index contributed by atoms with van der Waals surface area (Å²) in [7, 11) is 0. The van der Waals surface area contributed by atoms with E-state index in [0.717, 1.165) is 22.4 Å². The first-order valence-corrected chi connectivity index (χ1v) is 8.96. The monoisotopic (exact) mass is 358 g/mol. The zero-order valence-corrected chi connectivity index (χ0v) is 14.8. The molecule has 1 atom stereocenters. The molecule has 1 aliphatic heterocycles. The van der Waals surface area contributed by atoms with Gasteiger partial charge in [0.25, 0.3) is 0 Å². The highest BCUT2D eigenvalue weighted by molar-refractivity contribution is 6.13. The number of rotatable bonds is 4. The van der Waals surface area contributed by atoms with Crippen molar-refractivity contribution in [3.05, 3.63) is 107 Å². The van der Waals surface area contributed by atoms with E-state index < -0.39 is 0 Å². The quantitative estimate of drug-likeness (QED) is 0.628. The Labute approximate surface area is 157 Å². The molecule has 134 valence electrons. The summed E-state index contributed by atoms with van der Waals surface area (Å²) < 4.78 is 13.2. The van der Waals surface area contributed by atoms with Crippen molar-refractivity contribution in [1.82, 2.24) is 5.01 Å². The van der Waals surface area contributed by atoms with Crippen molar-refractivity contribution >= 4 is 11.6 Å². The van der Waals surface area contributed by atoms with Crippen LogP contribution in [0.4, 0.5) is 4.39 Å². The molecule has 0 spiro atoms. The summed E-state index contributed by atoms with van der Waals surface area (Å²) in [6.07, 6.45) is 0.381. The largest absolute Gasteiger partial charge is 0.273 e. The number of benzene rings is 3. The third-order valence-corrected chi connectivity index (χ3v) is 4.76. The Morgan fingerprint density at radius 2 is 1.41 bits per heavy atom. The minimum atomic E-state index is -0.270. The Morgan fingerprint density at radius 1 is 0.852 bits per heavy atom. The molecule has 0 radical (unpaired) electrons. The number of amides is 1. The average Bonchev–Trinajstić information content (AvgIpc) is 3.08. The van der Waals surface area contributed by atoms with Gasteiger partial charge in [0.2, 0.25) is 5.91 Å². The van der Waals surface area contributed by atoms with Crippen LogP contribution in [-0.4, -0.2) is 23.2 Å². The van der Waals surface area contributed by atoms with Crippen molar-refractivity contribution < 1.29 is 9.18 Å². The molecule has 1 unspecified atom stereocenters. The van der Waals surface area contributed by atoms with Gasteiger partial charge in [-0.05, 0) is 17.7 Å². The van der Waals surface area contributed by atoms with E-state index in [-0.39, 0.29) is 17.6 Å². The number of hydrogen-bond acceptors (Lipinski definition) is 2. The fourth-order valence-electron chi connectivity index (χ4n) is 3.34. The van der Waals surface area contributed by atoms with Crippen LogP contribution in [0.15, 0.2) is 90.0 Å². The molecule has 3 aromatic carbocycles. The predicted molar refractivity (Wildman–Crippen MR) is 104 cm³/mol. The van der Waals surface area contributed by atoms with Crippen molar-refractivity contribution in [2.75, 3.05) is 6.54 Å². The number of hydrazone groups is 1. The van der Waals surface area contributed by atoms with Gasteiger partial charge in [-0.1, -0.05) is 72.8 Å². The van der Waals surface area contributed by atoms with E-state index in [2.05, 4.69) is 0 Å². The number of carbonyl (C=O) groups excluding carboxylic acids is 1. The maximum absolute atomic E-state index is 13.2. The van der Waals surface area contributed by atoms with E-state index in [1.54, 1.807) is 17.1 Å². The molecule has 0 N–H and O–H groups in total. The van der Waals surface area contributed by atoms with Gasteiger partial charge in [0.15, 0.2) is 0 Å². The van der Waals surface area contributed by atoms with Crippen LogP contribution in [0, 0.1) is 5.82 Å². The Bertz CT molecular complexity index is 911. The van der Waals surface area contributed by atoms with Gasteiger partial charge >= 0.3 is 0 Å². The third-order valence-electron chi connectivity index (χ3n) is 4.76. The minimum absolute atomic E-state index is 0.0197. The van der Waals surface area contributed by atoms with Gasteiger partial charge in [-0.3, -0.25) is 4.79 Å². The molecule has 4 rings (SSSR count). The number of nitrogens with zero attached hydrogens (tertiary/aromatic N) is 2. The minimum Gasteiger partial charge on any atom is -0.273 e. The molecular formula is C23H19FN2O. The van der Waals surface area contributed by atoms with Gasteiger partial charge in [-0.25, -0.2) is 9.40 Å². The van der Waals surface area contributed by atoms with Crippen molar-refractivity contribution in [2.24, 2.45) is 5.10 Å². The molecule has 3 nitrogen and oxygen atoms in total. The lowest BCUT2D eigenvalue weighted by Gasteiger charge is -2.15. The summed E-state index contributed by atoms with van der Waals surface area (Å²) in [5.41, 5.74) is 3.65. The Balaban J connectivity index is 1.66. The summed E-state index contributed by atoms with van der Waals surface area (Å²) in [5.74, 6) is -0.267. The molecule has 0 saturated carbocycles. The molecule has 0 aromatic heterocycles.